The molecule has 1 heterocycles. The molecule has 1 aromatic rings. The van der Waals surface area contributed by atoms with Gasteiger partial charge in [-0.25, -0.2) is 0 Å². The zero-order chi connectivity index (χ0) is 12.3. The van der Waals surface area contributed by atoms with Crippen molar-refractivity contribution >= 4 is 11.6 Å². The van der Waals surface area contributed by atoms with Gasteiger partial charge in [0.1, 0.15) is 0 Å². The number of likely N-dealkylation sites (tertiary alicyclic amines) is 1. The van der Waals surface area contributed by atoms with Crippen LogP contribution in [0.3, 0.4) is 0 Å². The van der Waals surface area contributed by atoms with Crippen molar-refractivity contribution in [3.8, 4) is 6.07 Å². The van der Waals surface area contributed by atoms with Crippen LogP contribution in [0.5, 0.6) is 0 Å². The molecule has 0 aliphatic carbocycles. The Morgan fingerprint density at radius 2 is 1.94 bits per heavy atom. The Hall–Kier alpha value is -1.04. The van der Waals surface area contributed by atoms with Crippen molar-refractivity contribution in [1.29, 1.82) is 5.26 Å². The van der Waals surface area contributed by atoms with E-state index in [1.807, 2.05) is 24.3 Å². The van der Waals surface area contributed by atoms with Crippen LogP contribution >= 0.6 is 11.6 Å². The van der Waals surface area contributed by atoms with E-state index in [2.05, 4.69) is 18.0 Å². The summed E-state index contributed by atoms with van der Waals surface area (Å²) in [5, 5.41) is 10.3. The normalized spacial score (nSPS) is 26.2. The molecular weight excluding hydrogens is 232 g/mol. The summed E-state index contributed by atoms with van der Waals surface area (Å²) < 4.78 is 0. The molecule has 0 saturated carbocycles. The molecule has 1 aromatic carbocycles. The average molecular weight is 249 g/mol. The van der Waals surface area contributed by atoms with Gasteiger partial charge in [-0.1, -0.05) is 23.7 Å². The number of nitrogens with zero attached hydrogens (tertiary/aromatic N) is 2. The van der Waals surface area contributed by atoms with E-state index in [-0.39, 0.29) is 5.41 Å². The van der Waals surface area contributed by atoms with Crippen LogP contribution in [0.15, 0.2) is 24.3 Å². The molecule has 0 spiro atoms. The van der Waals surface area contributed by atoms with E-state index < -0.39 is 0 Å². The number of benzene rings is 1. The van der Waals surface area contributed by atoms with Crippen molar-refractivity contribution in [3.05, 3.63) is 34.9 Å². The lowest BCUT2D eigenvalue weighted by Gasteiger charge is -2.25. The molecule has 1 aliphatic rings. The molecule has 0 radical (unpaired) electrons. The molecule has 0 aromatic heterocycles. The Labute approximate surface area is 108 Å². The third kappa shape index (κ3) is 2.62. The van der Waals surface area contributed by atoms with E-state index in [0.717, 1.165) is 42.9 Å². The lowest BCUT2D eigenvalue weighted by Crippen LogP contribution is -2.26. The fraction of sp³-hybridized carbons (Fsp3) is 0.500. The topological polar surface area (TPSA) is 27.0 Å². The van der Waals surface area contributed by atoms with Gasteiger partial charge in [-0.3, -0.25) is 0 Å². The fourth-order valence-electron chi connectivity index (χ4n) is 2.50. The lowest BCUT2D eigenvalue weighted by atomic mass is 9.76. The number of nitriles is 1. The van der Waals surface area contributed by atoms with Crippen molar-refractivity contribution < 1.29 is 0 Å². The molecule has 1 aliphatic heterocycles. The third-order valence-electron chi connectivity index (χ3n) is 3.67. The minimum atomic E-state index is -0.324. The molecule has 90 valence electrons. The van der Waals surface area contributed by atoms with Crippen LogP contribution < -0.4 is 0 Å². The highest BCUT2D eigenvalue weighted by Gasteiger charge is 2.33. The molecular formula is C14H17ClN2. The molecule has 0 bridgehead atoms. The summed E-state index contributed by atoms with van der Waals surface area (Å²) in [7, 11) is 2.12. The Kier molecular flexibility index (Phi) is 3.71. The van der Waals surface area contributed by atoms with Gasteiger partial charge in [0.25, 0.3) is 0 Å². The number of hydrogen-bond donors (Lipinski definition) is 0. The SMILES string of the molecule is CN1CCCC(C#N)(c2ccc(Cl)cc2)CC1. The van der Waals surface area contributed by atoms with Gasteiger partial charge in [0.2, 0.25) is 0 Å². The van der Waals surface area contributed by atoms with Crippen LogP contribution in [-0.2, 0) is 5.41 Å². The Morgan fingerprint density at radius 3 is 2.59 bits per heavy atom. The number of rotatable bonds is 1. The molecule has 3 heteroatoms. The Balaban J connectivity index is 2.30. The second-order valence-corrected chi connectivity index (χ2v) is 5.29. The van der Waals surface area contributed by atoms with Crippen molar-refractivity contribution in [2.45, 2.75) is 24.7 Å². The standard InChI is InChI=1S/C14H17ClN2/c1-17-9-2-7-14(11-16,8-10-17)12-3-5-13(15)6-4-12/h3-6H,2,7-10H2,1H3. The van der Waals surface area contributed by atoms with Gasteiger partial charge in [-0.05, 0) is 57.1 Å². The van der Waals surface area contributed by atoms with Crippen LogP contribution in [0.4, 0.5) is 0 Å². The molecule has 1 atom stereocenters. The van der Waals surface area contributed by atoms with Gasteiger partial charge in [-0.2, -0.15) is 5.26 Å². The van der Waals surface area contributed by atoms with Crippen molar-refractivity contribution in [2.24, 2.45) is 0 Å². The van der Waals surface area contributed by atoms with Crippen LogP contribution in [0, 0.1) is 11.3 Å². The van der Waals surface area contributed by atoms with Gasteiger partial charge in [0.15, 0.2) is 0 Å². The first-order valence-corrected chi connectivity index (χ1v) is 6.40. The summed E-state index contributed by atoms with van der Waals surface area (Å²) in [6, 6.07) is 10.3. The summed E-state index contributed by atoms with van der Waals surface area (Å²) in [5.74, 6) is 0. The molecule has 1 unspecified atom stereocenters. The van der Waals surface area contributed by atoms with E-state index in [9.17, 15) is 5.26 Å². The van der Waals surface area contributed by atoms with Crippen molar-refractivity contribution in [1.82, 2.24) is 4.90 Å². The van der Waals surface area contributed by atoms with Crippen LogP contribution in [0.25, 0.3) is 0 Å². The van der Waals surface area contributed by atoms with Gasteiger partial charge >= 0.3 is 0 Å². The van der Waals surface area contributed by atoms with Gasteiger partial charge in [0.05, 0.1) is 11.5 Å². The summed E-state index contributed by atoms with van der Waals surface area (Å²) in [5.41, 5.74) is 0.787. The van der Waals surface area contributed by atoms with Crippen molar-refractivity contribution in [3.63, 3.8) is 0 Å². The summed E-state index contributed by atoms with van der Waals surface area (Å²) >= 11 is 5.90. The first-order chi connectivity index (χ1) is 8.16. The first kappa shape index (κ1) is 12.4. The second-order valence-electron chi connectivity index (χ2n) is 4.86. The summed E-state index contributed by atoms with van der Waals surface area (Å²) in [6.45, 7) is 2.06. The fourth-order valence-corrected chi connectivity index (χ4v) is 2.63. The smallest absolute Gasteiger partial charge is 0.0835 e. The van der Waals surface area contributed by atoms with Gasteiger partial charge in [-0.15, -0.1) is 0 Å². The van der Waals surface area contributed by atoms with Crippen LogP contribution in [0.2, 0.25) is 5.02 Å². The van der Waals surface area contributed by atoms with Gasteiger partial charge < -0.3 is 4.90 Å². The summed E-state index contributed by atoms with van der Waals surface area (Å²) in [4.78, 5) is 2.30. The van der Waals surface area contributed by atoms with Crippen molar-refractivity contribution in [2.75, 3.05) is 20.1 Å². The zero-order valence-corrected chi connectivity index (χ0v) is 10.9. The van der Waals surface area contributed by atoms with Crippen LogP contribution in [-0.4, -0.2) is 25.0 Å². The maximum absolute atomic E-state index is 9.57. The summed E-state index contributed by atoms with van der Waals surface area (Å²) in [6.07, 6.45) is 2.92. The quantitative estimate of drug-likeness (QED) is 0.763. The molecule has 2 nitrogen and oxygen atoms in total. The van der Waals surface area contributed by atoms with E-state index in [0.29, 0.717) is 0 Å². The molecule has 0 amide bonds. The predicted molar refractivity (Wildman–Crippen MR) is 70.1 cm³/mol. The maximum atomic E-state index is 9.57. The highest BCUT2D eigenvalue weighted by Crippen LogP contribution is 2.35. The van der Waals surface area contributed by atoms with E-state index in [4.69, 9.17) is 11.6 Å². The monoisotopic (exact) mass is 248 g/mol. The zero-order valence-electron chi connectivity index (χ0n) is 10.1. The third-order valence-corrected chi connectivity index (χ3v) is 3.93. The van der Waals surface area contributed by atoms with Crippen LogP contribution in [0.1, 0.15) is 24.8 Å². The number of halogens is 1. The Bertz CT molecular complexity index is 421. The molecule has 1 fully saturated rings. The predicted octanol–water partition coefficient (Wildman–Crippen LogP) is 3.22. The molecule has 17 heavy (non-hydrogen) atoms. The Morgan fingerprint density at radius 1 is 1.24 bits per heavy atom. The van der Waals surface area contributed by atoms with Gasteiger partial charge in [0, 0.05) is 5.02 Å². The maximum Gasteiger partial charge on any atom is 0.0835 e. The minimum absolute atomic E-state index is 0.324. The van der Waals surface area contributed by atoms with E-state index in [1.165, 1.54) is 0 Å². The minimum Gasteiger partial charge on any atom is -0.306 e. The average Bonchev–Trinajstić information content (AvgIpc) is 2.53. The van der Waals surface area contributed by atoms with E-state index in [1.54, 1.807) is 0 Å². The highest BCUT2D eigenvalue weighted by molar-refractivity contribution is 6.30. The largest absolute Gasteiger partial charge is 0.306 e. The molecule has 2 rings (SSSR count). The molecule has 1 saturated heterocycles. The highest BCUT2D eigenvalue weighted by atomic mass is 35.5. The lowest BCUT2D eigenvalue weighted by molar-refractivity contribution is 0.342. The number of hydrogen-bond acceptors (Lipinski definition) is 2. The molecule has 0 N–H and O–H groups in total. The second kappa shape index (κ2) is 5.08. The van der Waals surface area contributed by atoms with E-state index >= 15 is 0 Å². The first-order valence-electron chi connectivity index (χ1n) is 6.02.